The number of hydrogen-bond acceptors (Lipinski definition) is 3. The maximum Gasteiger partial charge on any atom is 0.161 e. The largest absolute Gasteiger partial charge is 0.493 e. The lowest BCUT2D eigenvalue weighted by atomic mass is 9.99. The van der Waals surface area contributed by atoms with Gasteiger partial charge in [0.15, 0.2) is 6.73 Å². The molecule has 0 fully saturated rings. The number of rotatable bonds is 1. The van der Waals surface area contributed by atoms with Gasteiger partial charge in [-0.2, -0.15) is 0 Å². The van der Waals surface area contributed by atoms with Crippen LogP contribution in [0.2, 0.25) is 0 Å². The molecule has 0 aromatic heterocycles. The highest BCUT2D eigenvalue weighted by Crippen LogP contribution is 2.40. The molecule has 2 aromatic rings. The lowest BCUT2D eigenvalue weighted by molar-refractivity contribution is 0.260. The molecular weight excluding hydrogens is 274 g/mol. The Morgan fingerprint density at radius 3 is 2.64 bits per heavy atom. The number of nitrogens with zero attached hydrogens (tertiary/aromatic N) is 1. The quantitative estimate of drug-likeness (QED) is 0.794. The molecule has 0 atom stereocenters. The third-order valence-electron chi connectivity index (χ3n) is 4.62. The van der Waals surface area contributed by atoms with Gasteiger partial charge in [-0.1, -0.05) is 24.3 Å². The maximum absolute atomic E-state index is 6.01. The van der Waals surface area contributed by atoms with Crippen LogP contribution in [-0.2, 0) is 13.0 Å². The molecule has 0 amide bonds. The molecule has 2 heterocycles. The second kappa shape index (κ2) is 5.24. The molecule has 2 aliphatic rings. The van der Waals surface area contributed by atoms with Gasteiger partial charge in [0.1, 0.15) is 11.5 Å². The van der Waals surface area contributed by atoms with Gasteiger partial charge in [-0.25, -0.2) is 0 Å². The average Bonchev–Trinajstić information content (AvgIpc) is 2.54. The first-order valence-electron chi connectivity index (χ1n) is 7.95. The number of para-hydroxylation sites is 1. The van der Waals surface area contributed by atoms with Crippen molar-refractivity contribution in [2.24, 2.45) is 0 Å². The first-order chi connectivity index (χ1) is 10.7. The van der Waals surface area contributed by atoms with E-state index in [2.05, 4.69) is 49.1 Å². The summed E-state index contributed by atoms with van der Waals surface area (Å²) in [5.74, 6) is 2.03. The van der Waals surface area contributed by atoms with Crippen molar-refractivity contribution in [2.75, 3.05) is 18.2 Å². The Morgan fingerprint density at radius 1 is 1.00 bits per heavy atom. The molecule has 3 heteroatoms. The first-order valence-corrected chi connectivity index (χ1v) is 7.95. The fourth-order valence-electron chi connectivity index (χ4n) is 3.59. The Balaban J connectivity index is 1.75. The minimum Gasteiger partial charge on any atom is -0.493 e. The third-order valence-corrected chi connectivity index (χ3v) is 4.62. The number of hydrogen-bond donors (Lipinski definition) is 0. The summed E-state index contributed by atoms with van der Waals surface area (Å²) in [5, 5.41) is 0. The van der Waals surface area contributed by atoms with E-state index in [0.717, 1.165) is 37.5 Å². The molecule has 0 N–H and O–H groups in total. The van der Waals surface area contributed by atoms with Crippen molar-refractivity contribution in [3.63, 3.8) is 0 Å². The van der Waals surface area contributed by atoms with Crippen LogP contribution < -0.4 is 14.4 Å². The first kappa shape index (κ1) is 13.5. The summed E-state index contributed by atoms with van der Waals surface area (Å²) in [6, 6.07) is 10.7. The summed E-state index contributed by atoms with van der Waals surface area (Å²) in [4.78, 5) is 2.31. The fraction of sp³-hybridized carbons (Fsp3) is 0.368. The number of benzene rings is 2. The van der Waals surface area contributed by atoms with E-state index >= 15 is 0 Å². The van der Waals surface area contributed by atoms with Crippen molar-refractivity contribution in [2.45, 2.75) is 33.2 Å². The Bertz CT molecular complexity index is 703. The van der Waals surface area contributed by atoms with E-state index in [0.29, 0.717) is 6.73 Å². The van der Waals surface area contributed by atoms with Crippen molar-refractivity contribution in [3.05, 3.63) is 52.6 Å². The molecule has 0 bridgehead atoms. The molecule has 3 nitrogen and oxygen atoms in total. The van der Waals surface area contributed by atoms with Crippen LogP contribution in [0.1, 0.15) is 28.7 Å². The smallest absolute Gasteiger partial charge is 0.161 e. The molecule has 2 aromatic carbocycles. The van der Waals surface area contributed by atoms with Crippen LogP contribution in [0.25, 0.3) is 0 Å². The highest BCUT2D eigenvalue weighted by Gasteiger charge is 2.26. The van der Waals surface area contributed by atoms with Crippen molar-refractivity contribution >= 4 is 5.69 Å². The Morgan fingerprint density at radius 2 is 1.82 bits per heavy atom. The van der Waals surface area contributed by atoms with E-state index in [1.807, 2.05) is 0 Å². The van der Waals surface area contributed by atoms with E-state index in [9.17, 15) is 0 Å². The fourth-order valence-corrected chi connectivity index (χ4v) is 3.59. The molecule has 0 unspecified atom stereocenters. The third kappa shape index (κ3) is 2.12. The molecule has 2 aliphatic heterocycles. The van der Waals surface area contributed by atoms with Crippen molar-refractivity contribution in [3.8, 4) is 11.5 Å². The summed E-state index contributed by atoms with van der Waals surface area (Å²) in [6.07, 6.45) is 2.21. The van der Waals surface area contributed by atoms with Gasteiger partial charge in [0.2, 0.25) is 0 Å². The predicted molar refractivity (Wildman–Crippen MR) is 87.9 cm³/mol. The van der Waals surface area contributed by atoms with E-state index < -0.39 is 0 Å². The highest BCUT2D eigenvalue weighted by molar-refractivity contribution is 5.62. The van der Waals surface area contributed by atoms with Gasteiger partial charge in [-0.15, -0.1) is 0 Å². The molecule has 0 saturated carbocycles. The van der Waals surface area contributed by atoms with Crippen LogP contribution in [0.15, 0.2) is 30.3 Å². The average molecular weight is 295 g/mol. The number of fused-ring (bicyclic) bond motifs is 3. The van der Waals surface area contributed by atoms with Crippen LogP contribution in [0.3, 0.4) is 0 Å². The number of ether oxygens (including phenoxy) is 2. The summed E-state index contributed by atoms with van der Waals surface area (Å²) < 4.78 is 12.0. The minimum absolute atomic E-state index is 0.595. The SMILES string of the molecule is Cc1cccc(C)c1N1COc2ccc3c(c2C1)OCCC3. The van der Waals surface area contributed by atoms with Crippen molar-refractivity contribution < 1.29 is 9.47 Å². The molecule has 0 aliphatic carbocycles. The van der Waals surface area contributed by atoms with Crippen molar-refractivity contribution in [1.29, 1.82) is 0 Å². The predicted octanol–water partition coefficient (Wildman–Crippen LogP) is 3.98. The van der Waals surface area contributed by atoms with E-state index in [4.69, 9.17) is 9.47 Å². The summed E-state index contributed by atoms with van der Waals surface area (Å²) >= 11 is 0. The van der Waals surface area contributed by atoms with Crippen LogP contribution >= 0.6 is 0 Å². The minimum atomic E-state index is 0.595. The van der Waals surface area contributed by atoms with E-state index in [-0.39, 0.29) is 0 Å². The monoisotopic (exact) mass is 295 g/mol. The second-order valence-electron chi connectivity index (χ2n) is 6.19. The van der Waals surface area contributed by atoms with Gasteiger partial charge in [-0.05, 0) is 49.4 Å². The topological polar surface area (TPSA) is 21.7 Å². The molecule has 0 spiro atoms. The Hall–Kier alpha value is -2.16. The second-order valence-corrected chi connectivity index (χ2v) is 6.19. The molecule has 114 valence electrons. The van der Waals surface area contributed by atoms with Gasteiger partial charge in [-0.3, -0.25) is 0 Å². The van der Waals surface area contributed by atoms with Crippen LogP contribution in [0.4, 0.5) is 5.69 Å². The summed E-state index contributed by atoms with van der Waals surface area (Å²) in [7, 11) is 0. The molecule has 0 radical (unpaired) electrons. The number of aryl methyl sites for hydroxylation is 3. The lowest BCUT2D eigenvalue weighted by Gasteiger charge is -2.35. The van der Waals surface area contributed by atoms with Crippen LogP contribution in [-0.4, -0.2) is 13.3 Å². The maximum atomic E-state index is 6.01. The standard InChI is InChI=1S/C19H21NO2/c1-13-5-3-6-14(2)18(13)20-11-16-17(22-12-20)9-8-15-7-4-10-21-19(15)16/h3,5-6,8-9H,4,7,10-12H2,1-2H3. The van der Waals surface area contributed by atoms with Crippen molar-refractivity contribution in [1.82, 2.24) is 0 Å². The summed E-state index contributed by atoms with van der Waals surface area (Å²) in [5.41, 5.74) is 6.38. The molecule has 22 heavy (non-hydrogen) atoms. The van der Waals surface area contributed by atoms with Gasteiger partial charge in [0, 0.05) is 5.69 Å². The van der Waals surface area contributed by atoms with Gasteiger partial charge in [0.05, 0.1) is 18.7 Å². The van der Waals surface area contributed by atoms with Crippen LogP contribution in [0.5, 0.6) is 11.5 Å². The van der Waals surface area contributed by atoms with E-state index in [1.165, 1.54) is 27.9 Å². The van der Waals surface area contributed by atoms with Gasteiger partial charge in [0.25, 0.3) is 0 Å². The number of anilines is 1. The highest BCUT2D eigenvalue weighted by atomic mass is 16.5. The Kier molecular flexibility index (Phi) is 3.21. The zero-order valence-corrected chi connectivity index (χ0v) is 13.2. The zero-order valence-electron chi connectivity index (χ0n) is 13.2. The molecular formula is C19H21NO2. The molecule has 4 rings (SSSR count). The molecule has 0 saturated heterocycles. The normalized spacial score (nSPS) is 16.4. The van der Waals surface area contributed by atoms with E-state index in [1.54, 1.807) is 0 Å². The Labute approximate surface area is 131 Å². The van der Waals surface area contributed by atoms with Gasteiger partial charge >= 0.3 is 0 Å². The van der Waals surface area contributed by atoms with Crippen LogP contribution in [0, 0.1) is 13.8 Å². The summed E-state index contributed by atoms with van der Waals surface area (Å²) in [6.45, 7) is 6.58. The zero-order chi connectivity index (χ0) is 15.1. The lowest BCUT2D eigenvalue weighted by Crippen LogP contribution is -2.33. The van der Waals surface area contributed by atoms with Gasteiger partial charge < -0.3 is 14.4 Å².